The van der Waals surface area contributed by atoms with E-state index in [1.54, 1.807) is 53.4 Å². The number of aromatic nitrogens is 3. The molecule has 0 spiro atoms. The lowest BCUT2D eigenvalue weighted by molar-refractivity contribution is 0.0299. The van der Waals surface area contributed by atoms with Crippen LogP contribution in [-0.4, -0.2) is 58.0 Å². The largest absolute Gasteiger partial charge is 0.382 e. The first-order valence-electron chi connectivity index (χ1n) is 9.18. The maximum absolute atomic E-state index is 12.6. The quantitative estimate of drug-likeness (QED) is 0.696. The average Bonchev–Trinajstić information content (AvgIpc) is 3.16. The van der Waals surface area contributed by atoms with Crippen molar-refractivity contribution in [2.75, 3.05) is 37.4 Å². The number of rotatable bonds is 4. The Labute approximate surface area is 167 Å². The molecule has 0 aliphatic carbocycles. The van der Waals surface area contributed by atoms with Gasteiger partial charge >= 0.3 is 0 Å². The Morgan fingerprint density at radius 2 is 1.69 bits per heavy atom. The van der Waals surface area contributed by atoms with E-state index in [1.807, 2.05) is 6.07 Å². The molecule has 2 aromatic carbocycles. The molecule has 1 fully saturated rings. The molecule has 3 N–H and O–H groups in total. The van der Waals surface area contributed by atoms with Crippen molar-refractivity contribution in [2.45, 2.75) is 0 Å². The van der Waals surface area contributed by atoms with Gasteiger partial charge in [-0.2, -0.15) is 4.68 Å². The first-order valence-corrected chi connectivity index (χ1v) is 9.18. The smallest absolute Gasteiger partial charge is 0.278 e. The highest BCUT2D eigenvalue weighted by Gasteiger charge is 2.25. The van der Waals surface area contributed by atoms with Gasteiger partial charge in [-0.05, 0) is 36.4 Å². The number of amides is 2. The zero-order valence-electron chi connectivity index (χ0n) is 15.6. The Hall–Kier alpha value is -3.72. The molecule has 2 heterocycles. The molecule has 9 heteroatoms. The molecule has 1 aliphatic rings. The van der Waals surface area contributed by atoms with Crippen LogP contribution in [0.3, 0.4) is 0 Å². The number of nitrogen functional groups attached to an aromatic ring is 1. The fraction of sp³-hybridized carbons (Fsp3) is 0.200. The van der Waals surface area contributed by atoms with Gasteiger partial charge < -0.3 is 20.7 Å². The second kappa shape index (κ2) is 8.11. The van der Waals surface area contributed by atoms with E-state index in [0.29, 0.717) is 43.2 Å². The van der Waals surface area contributed by atoms with E-state index in [0.717, 1.165) is 0 Å². The topological polar surface area (TPSA) is 115 Å². The van der Waals surface area contributed by atoms with Crippen LogP contribution in [0.2, 0.25) is 0 Å². The SMILES string of the molecule is Nc1c(C(=O)N2CCOCC2)nnn1-c1ccc(NC(=O)c2ccccc2)cc1. The van der Waals surface area contributed by atoms with E-state index in [9.17, 15) is 9.59 Å². The van der Waals surface area contributed by atoms with Gasteiger partial charge in [-0.15, -0.1) is 5.10 Å². The van der Waals surface area contributed by atoms with Crippen LogP contribution in [0.15, 0.2) is 54.6 Å². The van der Waals surface area contributed by atoms with Crippen molar-refractivity contribution in [1.82, 2.24) is 19.9 Å². The van der Waals surface area contributed by atoms with Gasteiger partial charge in [0.05, 0.1) is 18.9 Å². The second-order valence-electron chi connectivity index (χ2n) is 6.51. The summed E-state index contributed by atoms with van der Waals surface area (Å²) in [5, 5.41) is 10.8. The number of anilines is 2. The Morgan fingerprint density at radius 3 is 2.38 bits per heavy atom. The average molecular weight is 392 g/mol. The zero-order chi connectivity index (χ0) is 20.2. The predicted molar refractivity (Wildman–Crippen MR) is 107 cm³/mol. The van der Waals surface area contributed by atoms with Gasteiger partial charge in [-0.1, -0.05) is 23.4 Å². The zero-order valence-corrected chi connectivity index (χ0v) is 15.6. The molecule has 0 bridgehead atoms. The van der Waals surface area contributed by atoms with Crippen molar-refractivity contribution in [3.8, 4) is 5.69 Å². The van der Waals surface area contributed by atoms with Crippen molar-refractivity contribution >= 4 is 23.3 Å². The molecule has 0 unspecified atom stereocenters. The van der Waals surface area contributed by atoms with E-state index in [4.69, 9.17) is 10.5 Å². The van der Waals surface area contributed by atoms with Gasteiger partial charge in [0.1, 0.15) is 0 Å². The lowest BCUT2D eigenvalue weighted by atomic mass is 10.2. The molecular formula is C20H20N6O3. The number of carbonyl (C=O) groups excluding carboxylic acids is 2. The summed E-state index contributed by atoms with van der Waals surface area (Å²) in [5.41, 5.74) is 8.08. The standard InChI is InChI=1S/C20H20N6O3/c21-18-17(20(28)25-10-12-29-13-11-25)23-24-26(18)16-8-6-15(7-9-16)22-19(27)14-4-2-1-3-5-14/h1-9H,10-13,21H2,(H,22,27). The lowest BCUT2D eigenvalue weighted by Gasteiger charge is -2.26. The summed E-state index contributed by atoms with van der Waals surface area (Å²) >= 11 is 0. The van der Waals surface area contributed by atoms with Gasteiger partial charge in [-0.25, -0.2) is 0 Å². The van der Waals surface area contributed by atoms with Crippen LogP contribution < -0.4 is 11.1 Å². The third kappa shape index (κ3) is 3.94. The van der Waals surface area contributed by atoms with Crippen LogP contribution in [0.25, 0.3) is 5.69 Å². The molecular weight excluding hydrogens is 372 g/mol. The summed E-state index contributed by atoms with van der Waals surface area (Å²) in [7, 11) is 0. The summed E-state index contributed by atoms with van der Waals surface area (Å²) in [6, 6.07) is 15.9. The van der Waals surface area contributed by atoms with E-state index in [-0.39, 0.29) is 23.3 Å². The van der Waals surface area contributed by atoms with Crippen LogP contribution in [0, 0.1) is 0 Å². The molecule has 29 heavy (non-hydrogen) atoms. The molecule has 3 aromatic rings. The number of nitrogens with two attached hydrogens (primary N) is 1. The molecule has 4 rings (SSSR count). The minimum Gasteiger partial charge on any atom is -0.382 e. The third-order valence-corrected chi connectivity index (χ3v) is 4.61. The number of morpholine rings is 1. The van der Waals surface area contributed by atoms with E-state index in [2.05, 4.69) is 15.6 Å². The number of nitrogens with zero attached hydrogens (tertiary/aromatic N) is 4. The summed E-state index contributed by atoms with van der Waals surface area (Å²) in [6.07, 6.45) is 0. The maximum Gasteiger partial charge on any atom is 0.278 e. The van der Waals surface area contributed by atoms with Crippen molar-refractivity contribution in [2.24, 2.45) is 0 Å². The highest BCUT2D eigenvalue weighted by molar-refractivity contribution is 6.04. The summed E-state index contributed by atoms with van der Waals surface area (Å²) in [4.78, 5) is 26.5. The van der Waals surface area contributed by atoms with Crippen LogP contribution in [0.4, 0.5) is 11.5 Å². The summed E-state index contributed by atoms with van der Waals surface area (Å²) in [6.45, 7) is 1.99. The van der Waals surface area contributed by atoms with Crippen molar-refractivity contribution < 1.29 is 14.3 Å². The number of hydrogen-bond donors (Lipinski definition) is 2. The Kier molecular flexibility index (Phi) is 5.21. The van der Waals surface area contributed by atoms with Gasteiger partial charge in [0.15, 0.2) is 11.5 Å². The molecule has 2 amide bonds. The Bertz CT molecular complexity index is 1010. The molecule has 0 radical (unpaired) electrons. The highest BCUT2D eigenvalue weighted by Crippen LogP contribution is 2.19. The van der Waals surface area contributed by atoms with Crippen molar-refractivity contribution in [3.63, 3.8) is 0 Å². The fourth-order valence-corrected chi connectivity index (χ4v) is 3.03. The molecule has 148 valence electrons. The number of benzene rings is 2. The summed E-state index contributed by atoms with van der Waals surface area (Å²) in [5.74, 6) is -0.289. The van der Waals surface area contributed by atoms with Crippen molar-refractivity contribution in [1.29, 1.82) is 0 Å². The van der Waals surface area contributed by atoms with E-state index < -0.39 is 0 Å². The number of ether oxygens (including phenoxy) is 1. The number of hydrogen-bond acceptors (Lipinski definition) is 6. The normalized spacial score (nSPS) is 13.9. The van der Waals surface area contributed by atoms with Gasteiger partial charge in [0.25, 0.3) is 11.8 Å². The molecule has 1 saturated heterocycles. The van der Waals surface area contributed by atoms with Crippen molar-refractivity contribution in [3.05, 3.63) is 65.9 Å². The number of carbonyl (C=O) groups is 2. The van der Waals surface area contributed by atoms with Crippen LogP contribution in [0.5, 0.6) is 0 Å². The van der Waals surface area contributed by atoms with Crippen LogP contribution >= 0.6 is 0 Å². The minimum atomic E-state index is -0.260. The van der Waals surface area contributed by atoms with Gasteiger partial charge in [0, 0.05) is 24.3 Å². The van der Waals surface area contributed by atoms with Crippen LogP contribution in [-0.2, 0) is 4.74 Å². The molecule has 1 aromatic heterocycles. The first kappa shape index (κ1) is 18.6. The number of nitrogens with one attached hydrogen (secondary N) is 1. The van der Waals surface area contributed by atoms with Gasteiger partial charge in [-0.3, -0.25) is 9.59 Å². The first-order chi connectivity index (χ1) is 14.1. The minimum absolute atomic E-state index is 0.119. The predicted octanol–water partition coefficient (Wildman–Crippen LogP) is 1.57. The van der Waals surface area contributed by atoms with E-state index in [1.165, 1.54) is 4.68 Å². The fourth-order valence-electron chi connectivity index (χ4n) is 3.03. The third-order valence-electron chi connectivity index (χ3n) is 4.61. The molecule has 0 saturated carbocycles. The Morgan fingerprint density at radius 1 is 1.00 bits per heavy atom. The van der Waals surface area contributed by atoms with Crippen LogP contribution in [0.1, 0.15) is 20.8 Å². The Balaban J connectivity index is 1.48. The summed E-state index contributed by atoms with van der Waals surface area (Å²) < 4.78 is 6.66. The highest BCUT2D eigenvalue weighted by atomic mass is 16.5. The maximum atomic E-state index is 12.6. The molecule has 9 nitrogen and oxygen atoms in total. The monoisotopic (exact) mass is 392 g/mol. The second-order valence-corrected chi connectivity index (χ2v) is 6.51. The van der Waals surface area contributed by atoms with Gasteiger partial charge in [0.2, 0.25) is 0 Å². The molecule has 1 aliphatic heterocycles. The molecule has 0 atom stereocenters. The van der Waals surface area contributed by atoms with E-state index >= 15 is 0 Å². The lowest BCUT2D eigenvalue weighted by Crippen LogP contribution is -2.41.